The van der Waals surface area contributed by atoms with Gasteiger partial charge < -0.3 is 15.2 Å². The van der Waals surface area contributed by atoms with Crippen molar-refractivity contribution < 1.29 is 4.52 Å². The quantitative estimate of drug-likeness (QED) is 0.454. The normalized spacial score (nSPS) is 11.7. The minimum Gasteiger partial charge on any atom is -0.357 e. The molecule has 2 rings (SSSR count). The molecule has 8 nitrogen and oxygen atoms in total. The smallest absolute Gasteiger partial charge is 0.248 e. The minimum absolute atomic E-state index is 0.369. The molecule has 0 unspecified atom stereocenters. The van der Waals surface area contributed by atoms with Gasteiger partial charge in [0.2, 0.25) is 5.89 Å². The van der Waals surface area contributed by atoms with Crippen LogP contribution in [0.4, 0.5) is 0 Å². The lowest BCUT2D eigenvalue weighted by molar-refractivity contribution is 0.376. The Morgan fingerprint density at radius 2 is 2.13 bits per heavy atom. The van der Waals surface area contributed by atoms with E-state index >= 15 is 0 Å². The van der Waals surface area contributed by atoms with Crippen LogP contribution in [0.25, 0.3) is 0 Å². The molecule has 8 heteroatoms. The highest BCUT2D eigenvalue weighted by Crippen LogP contribution is 2.02. The highest BCUT2D eigenvalue weighted by molar-refractivity contribution is 5.79. The van der Waals surface area contributed by atoms with Crippen LogP contribution in [0.3, 0.4) is 0 Å². The average molecular weight is 319 g/mol. The van der Waals surface area contributed by atoms with Crippen molar-refractivity contribution in [2.24, 2.45) is 4.99 Å². The van der Waals surface area contributed by atoms with E-state index in [2.05, 4.69) is 43.9 Å². The summed E-state index contributed by atoms with van der Waals surface area (Å²) in [7, 11) is 0. The number of hydrogen-bond donors (Lipinski definition) is 2. The van der Waals surface area contributed by atoms with Gasteiger partial charge in [-0.05, 0) is 40.2 Å². The van der Waals surface area contributed by atoms with Crippen LogP contribution >= 0.6 is 0 Å². The Morgan fingerprint density at radius 3 is 2.74 bits per heavy atom. The zero-order valence-corrected chi connectivity index (χ0v) is 14.3. The van der Waals surface area contributed by atoms with Crippen LogP contribution < -0.4 is 10.6 Å². The molecular formula is C15H25N7O. The van der Waals surface area contributed by atoms with Crippen LogP contribution in [0.5, 0.6) is 0 Å². The van der Waals surface area contributed by atoms with Crippen molar-refractivity contribution in [1.29, 1.82) is 0 Å². The number of hydrogen-bond acceptors (Lipinski definition) is 5. The summed E-state index contributed by atoms with van der Waals surface area (Å²) in [6, 6.07) is 2.09. The molecule has 0 saturated carbocycles. The molecular weight excluding hydrogens is 294 g/mol. The van der Waals surface area contributed by atoms with Crippen LogP contribution in [-0.4, -0.2) is 39.0 Å². The summed E-state index contributed by atoms with van der Waals surface area (Å²) >= 11 is 0. The van der Waals surface area contributed by atoms with Crippen LogP contribution in [0, 0.1) is 20.8 Å². The summed E-state index contributed by atoms with van der Waals surface area (Å²) in [5.74, 6) is 1.89. The maximum atomic E-state index is 5.06. The van der Waals surface area contributed by atoms with Crippen molar-refractivity contribution in [1.82, 2.24) is 30.6 Å². The van der Waals surface area contributed by atoms with E-state index < -0.39 is 0 Å². The van der Waals surface area contributed by atoms with E-state index in [1.165, 1.54) is 5.69 Å². The fraction of sp³-hybridized carbons (Fsp3) is 0.600. The van der Waals surface area contributed by atoms with Gasteiger partial charge in [0.05, 0.1) is 5.69 Å². The third kappa shape index (κ3) is 5.39. The summed E-state index contributed by atoms with van der Waals surface area (Å²) < 4.78 is 7.09. The topological polar surface area (TPSA) is 93.2 Å². The largest absolute Gasteiger partial charge is 0.357 e. The third-order valence-electron chi connectivity index (χ3n) is 3.23. The fourth-order valence-electron chi connectivity index (χ4n) is 2.23. The molecule has 0 amide bonds. The van der Waals surface area contributed by atoms with Gasteiger partial charge in [-0.3, -0.25) is 4.68 Å². The molecule has 2 aromatic rings. The van der Waals surface area contributed by atoms with Gasteiger partial charge in [-0.2, -0.15) is 10.1 Å². The fourth-order valence-corrected chi connectivity index (χ4v) is 2.23. The van der Waals surface area contributed by atoms with Crippen LogP contribution in [0.15, 0.2) is 15.6 Å². The van der Waals surface area contributed by atoms with Crippen LogP contribution in [-0.2, 0) is 13.1 Å². The molecule has 0 fully saturated rings. The molecule has 126 valence electrons. The molecule has 0 aliphatic heterocycles. The molecule has 0 spiro atoms. The SMILES string of the molecule is CCNC(=NCc1nc(C)no1)NCCCn1nc(C)cc1C. The predicted molar refractivity (Wildman–Crippen MR) is 88.2 cm³/mol. The summed E-state index contributed by atoms with van der Waals surface area (Å²) in [5.41, 5.74) is 2.25. The first kappa shape index (κ1) is 17.0. The summed E-state index contributed by atoms with van der Waals surface area (Å²) in [6.07, 6.45) is 0.964. The number of rotatable bonds is 7. The molecule has 2 aromatic heterocycles. The maximum Gasteiger partial charge on any atom is 0.248 e. The Bertz CT molecular complexity index is 644. The number of aliphatic imine (C=N–C) groups is 1. The van der Waals surface area contributed by atoms with Gasteiger partial charge in [-0.25, -0.2) is 4.99 Å². The second-order valence-corrected chi connectivity index (χ2v) is 5.36. The van der Waals surface area contributed by atoms with Gasteiger partial charge in [-0.1, -0.05) is 5.16 Å². The second-order valence-electron chi connectivity index (χ2n) is 5.36. The Hall–Kier alpha value is -2.38. The van der Waals surface area contributed by atoms with E-state index in [0.29, 0.717) is 18.3 Å². The summed E-state index contributed by atoms with van der Waals surface area (Å²) in [5, 5.41) is 14.7. The van der Waals surface area contributed by atoms with Crippen molar-refractivity contribution in [3.05, 3.63) is 29.2 Å². The highest BCUT2D eigenvalue weighted by atomic mass is 16.5. The van der Waals surface area contributed by atoms with Crippen molar-refractivity contribution in [3.63, 3.8) is 0 Å². The standard InChI is InChI=1S/C15H25N7O/c1-5-16-15(18-10-14-19-13(4)21-23-14)17-7-6-8-22-12(3)9-11(2)20-22/h9H,5-8,10H2,1-4H3,(H2,16,17,18). The Morgan fingerprint density at radius 1 is 1.30 bits per heavy atom. The van der Waals surface area contributed by atoms with E-state index in [1.54, 1.807) is 6.92 Å². The molecule has 2 heterocycles. The van der Waals surface area contributed by atoms with E-state index in [0.717, 1.165) is 37.7 Å². The lowest BCUT2D eigenvalue weighted by atomic mass is 10.4. The molecule has 0 aliphatic rings. The zero-order valence-electron chi connectivity index (χ0n) is 14.3. The highest BCUT2D eigenvalue weighted by Gasteiger charge is 2.04. The molecule has 0 saturated heterocycles. The lowest BCUT2D eigenvalue weighted by Gasteiger charge is -2.11. The second kappa shape index (κ2) is 8.30. The predicted octanol–water partition coefficient (Wildman–Crippen LogP) is 1.34. The number of nitrogens with zero attached hydrogens (tertiary/aromatic N) is 5. The number of guanidine groups is 1. The van der Waals surface area contributed by atoms with E-state index in [1.807, 2.05) is 18.5 Å². The first-order valence-corrected chi connectivity index (χ1v) is 7.91. The summed E-state index contributed by atoms with van der Waals surface area (Å²) in [4.78, 5) is 8.58. The van der Waals surface area contributed by atoms with Crippen molar-refractivity contribution in [2.75, 3.05) is 13.1 Å². The van der Waals surface area contributed by atoms with Gasteiger partial charge in [0.1, 0.15) is 6.54 Å². The Labute approximate surface area is 136 Å². The molecule has 0 atom stereocenters. The lowest BCUT2D eigenvalue weighted by Crippen LogP contribution is -2.38. The monoisotopic (exact) mass is 319 g/mol. The number of nitrogens with one attached hydrogen (secondary N) is 2. The van der Waals surface area contributed by atoms with Gasteiger partial charge in [0.25, 0.3) is 0 Å². The molecule has 0 radical (unpaired) electrons. The van der Waals surface area contributed by atoms with Gasteiger partial charge in [0.15, 0.2) is 11.8 Å². The van der Waals surface area contributed by atoms with Crippen molar-refractivity contribution in [3.8, 4) is 0 Å². The van der Waals surface area contributed by atoms with Crippen molar-refractivity contribution in [2.45, 2.75) is 47.2 Å². The van der Waals surface area contributed by atoms with E-state index in [-0.39, 0.29) is 0 Å². The maximum absolute atomic E-state index is 5.06. The van der Waals surface area contributed by atoms with Crippen molar-refractivity contribution >= 4 is 5.96 Å². The van der Waals surface area contributed by atoms with Crippen LogP contribution in [0.1, 0.15) is 36.4 Å². The van der Waals surface area contributed by atoms with E-state index in [9.17, 15) is 0 Å². The first-order valence-electron chi connectivity index (χ1n) is 7.91. The van der Waals surface area contributed by atoms with E-state index in [4.69, 9.17) is 4.52 Å². The number of aryl methyl sites for hydroxylation is 4. The Kier molecular flexibility index (Phi) is 6.13. The Balaban J connectivity index is 1.78. The first-order chi connectivity index (χ1) is 11.1. The molecule has 0 aromatic carbocycles. The molecule has 0 aliphatic carbocycles. The number of aromatic nitrogens is 4. The van der Waals surface area contributed by atoms with Crippen LogP contribution in [0.2, 0.25) is 0 Å². The average Bonchev–Trinajstić information content (AvgIpc) is 3.06. The van der Waals surface area contributed by atoms with Gasteiger partial charge in [0, 0.05) is 25.3 Å². The third-order valence-corrected chi connectivity index (χ3v) is 3.23. The molecule has 0 bridgehead atoms. The summed E-state index contributed by atoms with van der Waals surface area (Å²) in [6.45, 7) is 10.8. The molecule has 2 N–H and O–H groups in total. The zero-order chi connectivity index (χ0) is 16.7. The minimum atomic E-state index is 0.369. The van der Waals surface area contributed by atoms with Gasteiger partial charge in [-0.15, -0.1) is 0 Å². The molecule has 23 heavy (non-hydrogen) atoms. The van der Waals surface area contributed by atoms with Gasteiger partial charge >= 0.3 is 0 Å².